The van der Waals surface area contributed by atoms with E-state index in [1.807, 2.05) is 0 Å². The first-order valence-electron chi connectivity index (χ1n) is 7.25. The van der Waals surface area contributed by atoms with Gasteiger partial charge in [-0.2, -0.15) is 0 Å². The Balaban J connectivity index is 1.80. The van der Waals surface area contributed by atoms with E-state index in [9.17, 15) is 0 Å². The average Bonchev–Trinajstić information content (AvgIpc) is 2.84. The molecule has 0 bridgehead atoms. The molecule has 0 amide bonds. The number of nitrogens with one attached hydrogen (secondary N) is 1. The third-order valence-corrected chi connectivity index (χ3v) is 3.28. The van der Waals surface area contributed by atoms with Gasteiger partial charge >= 0.3 is 0 Å². The summed E-state index contributed by atoms with van der Waals surface area (Å²) in [6.07, 6.45) is 7.74. The van der Waals surface area contributed by atoms with Crippen LogP contribution in [0.15, 0.2) is 0 Å². The van der Waals surface area contributed by atoms with Gasteiger partial charge in [0.1, 0.15) is 0 Å². The number of hydrogen-bond donors (Lipinski definition) is 1. The van der Waals surface area contributed by atoms with Crippen molar-refractivity contribution in [2.45, 2.75) is 64.5 Å². The molecule has 0 radical (unpaired) electrons. The van der Waals surface area contributed by atoms with Crippen molar-refractivity contribution in [3.8, 4) is 0 Å². The highest BCUT2D eigenvalue weighted by Gasteiger charge is 2.14. The summed E-state index contributed by atoms with van der Waals surface area (Å²) in [5.74, 6) is 0. The molecule has 2 unspecified atom stereocenters. The van der Waals surface area contributed by atoms with Crippen molar-refractivity contribution in [3.63, 3.8) is 0 Å². The SMILES string of the molecule is CCCCC(C)NCCCOCC1CCCO1. The normalized spacial score (nSPS) is 21.9. The average molecular weight is 243 g/mol. The van der Waals surface area contributed by atoms with Crippen molar-refractivity contribution in [2.24, 2.45) is 0 Å². The molecule has 0 saturated carbocycles. The molecule has 3 nitrogen and oxygen atoms in total. The van der Waals surface area contributed by atoms with Gasteiger partial charge in [0.2, 0.25) is 0 Å². The number of hydrogen-bond acceptors (Lipinski definition) is 3. The van der Waals surface area contributed by atoms with Crippen molar-refractivity contribution >= 4 is 0 Å². The second-order valence-corrected chi connectivity index (χ2v) is 5.06. The van der Waals surface area contributed by atoms with Crippen LogP contribution in [0.3, 0.4) is 0 Å². The lowest BCUT2D eigenvalue weighted by molar-refractivity contribution is 0.0165. The van der Waals surface area contributed by atoms with Crippen LogP contribution in [-0.2, 0) is 9.47 Å². The molecule has 0 aliphatic carbocycles. The minimum absolute atomic E-state index is 0.367. The second kappa shape index (κ2) is 9.86. The predicted molar refractivity (Wildman–Crippen MR) is 71.4 cm³/mol. The second-order valence-electron chi connectivity index (χ2n) is 5.06. The maximum atomic E-state index is 5.62. The quantitative estimate of drug-likeness (QED) is 0.598. The van der Waals surface area contributed by atoms with Crippen molar-refractivity contribution < 1.29 is 9.47 Å². The van der Waals surface area contributed by atoms with E-state index in [4.69, 9.17) is 9.47 Å². The third-order valence-electron chi connectivity index (χ3n) is 3.28. The van der Waals surface area contributed by atoms with E-state index in [0.717, 1.165) is 32.8 Å². The maximum Gasteiger partial charge on any atom is 0.0809 e. The van der Waals surface area contributed by atoms with Gasteiger partial charge in [-0.25, -0.2) is 0 Å². The molecule has 1 fully saturated rings. The first kappa shape index (κ1) is 14.9. The Kier molecular flexibility index (Phi) is 8.67. The van der Waals surface area contributed by atoms with Crippen LogP contribution in [-0.4, -0.2) is 38.5 Å². The van der Waals surface area contributed by atoms with Crippen molar-refractivity contribution in [2.75, 3.05) is 26.4 Å². The van der Waals surface area contributed by atoms with E-state index in [1.54, 1.807) is 0 Å². The van der Waals surface area contributed by atoms with Crippen LogP contribution in [0.5, 0.6) is 0 Å². The maximum absolute atomic E-state index is 5.62. The molecular weight excluding hydrogens is 214 g/mol. The summed E-state index contributed by atoms with van der Waals surface area (Å²) >= 11 is 0. The van der Waals surface area contributed by atoms with Crippen molar-refractivity contribution in [3.05, 3.63) is 0 Å². The van der Waals surface area contributed by atoms with Gasteiger partial charge in [0.15, 0.2) is 0 Å². The van der Waals surface area contributed by atoms with Crippen LogP contribution >= 0.6 is 0 Å². The lowest BCUT2D eigenvalue weighted by Crippen LogP contribution is -2.27. The molecule has 1 saturated heterocycles. The Labute approximate surface area is 106 Å². The number of rotatable bonds is 10. The van der Waals surface area contributed by atoms with Crippen LogP contribution in [0.4, 0.5) is 0 Å². The van der Waals surface area contributed by atoms with Crippen molar-refractivity contribution in [1.29, 1.82) is 0 Å². The Morgan fingerprint density at radius 1 is 1.41 bits per heavy atom. The van der Waals surface area contributed by atoms with Crippen LogP contribution in [0.25, 0.3) is 0 Å². The molecule has 0 aromatic rings. The zero-order valence-electron chi connectivity index (χ0n) is 11.5. The van der Waals surface area contributed by atoms with Gasteiger partial charge in [-0.15, -0.1) is 0 Å². The van der Waals surface area contributed by atoms with Gasteiger partial charge in [0, 0.05) is 19.3 Å². The van der Waals surface area contributed by atoms with Crippen LogP contribution in [0.2, 0.25) is 0 Å². The number of unbranched alkanes of at least 4 members (excludes halogenated alkanes) is 1. The minimum Gasteiger partial charge on any atom is -0.379 e. The highest BCUT2D eigenvalue weighted by atomic mass is 16.5. The van der Waals surface area contributed by atoms with Crippen LogP contribution in [0.1, 0.15) is 52.4 Å². The van der Waals surface area contributed by atoms with Gasteiger partial charge in [-0.1, -0.05) is 19.8 Å². The molecule has 0 spiro atoms. The molecule has 0 aromatic carbocycles. The Hall–Kier alpha value is -0.120. The highest BCUT2D eigenvalue weighted by molar-refractivity contribution is 4.63. The fraction of sp³-hybridized carbons (Fsp3) is 1.00. The van der Waals surface area contributed by atoms with E-state index in [2.05, 4.69) is 19.2 Å². The van der Waals surface area contributed by atoms with E-state index in [1.165, 1.54) is 32.1 Å². The molecule has 1 heterocycles. The van der Waals surface area contributed by atoms with Crippen molar-refractivity contribution in [1.82, 2.24) is 5.32 Å². The summed E-state index contributed by atoms with van der Waals surface area (Å²) in [6.45, 7) is 8.13. The standard InChI is InChI=1S/C14H29NO2/c1-3-4-7-13(2)15-9-6-10-16-12-14-8-5-11-17-14/h13-15H,3-12H2,1-2H3. The molecule has 0 aromatic heterocycles. The monoisotopic (exact) mass is 243 g/mol. The molecule has 102 valence electrons. The molecule has 17 heavy (non-hydrogen) atoms. The summed E-state index contributed by atoms with van der Waals surface area (Å²) < 4.78 is 11.1. The first-order chi connectivity index (χ1) is 8.33. The van der Waals surface area contributed by atoms with E-state index in [-0.39, 0.29) is 0 Å². The van der Waals surface area contributed by atoms with Gasteiger partial charge in [-0.3, -0.25) is 0 Å². The summed E-state index contributed by atoms with van der Waals surface area (Å²) in [7, 11) is 0. The topological polar surface area (TPSA) is 30.5 Å². The lowest BCUT2D eigenvalue weighted by atomic mass is 10.1. The minimum atomic E-state index is 0.367. The fourth-order valence-electron chi connectivity index (χ4n) is 2.13. The van der Waals surface area contributed by atoms with Gasteiger partial charge in [0.05, 0.1) is 12.7 Å². The van der Waals surface area contributed by atoms with E-state index >= 15 is 0 Å². The van der Waals surface area contributed by atoms with Crippen LogP contribution < -0.4 is 5.32 Å². The van der Waals surface area contributed by atoms with Gasteiger partial charge in [0.25, 0.3) is 0 Å². The molecule has 1 rings (SSSR count). The molecule has 1 N–H and O–H groups in total. The predicted octanol–water partition coefficient (Wildman–Crippen LogP) is 2.74. The molecular formula is C14H29NO2. The summed E-state index contributed by atoms with van der Waals surface area (Å²) in [4.78, 5) is 0. The molecule has 1 aliphatic heterocycles. The zero-order valence-corrected chi connectivity index (χ0v) is 11.5. The highest BCUT2D eigenvalue weighted by Crippen LogP contribution is 2.11. The van der Waals surface area contributed by atoms with Gasteiger partial charge < -0.3 is 14.8 Å². The Morgan fingerprint density at radius 3 is 3.00 bits per heavy atom. The lowest BCUT2D eigenvalue weighted by Gasteiger charge is -2.14. The van der Waals surface area contributed by atoms with Gasteiger partial charge in [-0.05, 0) is 39.2 Å². The smallest absolute Gasteiger partial charge is 0.0809 e. The van der Waals surface area contributed by atoms with E-state index in [0.29, 0.717) is 12.1 Å². The van der Waals surface area contributed by atoms with E-state index < -0.39 is 0 Å². The first-order valence-corrected chi connectivity index (χ1v) is 7.25. The fourth-order valence-corrected chi connectivity index (χ4v) is 2.13. The van der Waals surface area contributed by atoms with Crippen LogP contribution in [0, 0.1) is 0 Å². The molecule has 2 atom stereocenters. The Bertz CT molecular complexity index is 170. The molecule has 3 heteroatoms. The summed E-state index contributed by atoms with van der Waals surface area (Å²) in [6, 6.07) is 0.646. The Morgan fingerprint density at radius 2 is 2.29 bits per heavy atom. The largest absolute Gasteiger partial charge is 0.379 e. The third kappa shape index (κ3) is 7.74. The summed E-state index contributed by atoms with van der Waals surface area (Å²) in [5.41, 5.74) is 0. The summed E-state index contributed by atoms with van der Waals surface area (Å²) in [5, 5.41) is 3.53. The zero-order chi connectivity index (χ0) is 12.3. The molecule has 1 aliphatic rings. The number of ether oxygens (including phenoxy) is 2.